The number of pyridine rings is 1. The molecule has 3 aromatic heterocycles. The van der Waals surface area contributed by atoms with E-state index in [1.807, 2.05) is 17.4 Å². The molecule has 0 spiro atoms. The van der Waals surface area contributed by atoms with Crippen molar-refractivity contribution in [1.82, 2.24) is 35.7 Å². The molecule has 1 saturated carbocycles. The number of carbonyl (C=O) groups excluding carboxylic acids is 2. The first-order valence-corrected chi connectivity index (χ1v) is 11.0. The van der Waals surface area contributed by atoms with Gasteiger partial charge in [-0.3, -0.25) is 19.7 Å². The van der Waals surface area contributed by atoms with Gasteiger partial charge in [0.2, 0.25) is 5.91 Å². The zero-order chi connectivity index (χ0) is 27.6. The van der Waals surface area contributed by atoms with Crippen molar-refractivity contribution >= 4 is 29.0 Å². The fourth-order valence-electron chi connectivity index (χ4n) is 3.59. The summed E-state index contributed by atoms with van der Waals surface area (Å²) in [6, 6.07) is 10.3. The van der Waals surface area contributed by atoms with Crippen LogP contribution in [-0.4, -0.2) is 56.3 Å². The van der Waals surface area contributed by atoms with Crippen LogP contribution in [0.3, 0.4) is 0 Å². The lowest BCUT2D eigenvalue weighted by molar-refractivity contribution is -0.117. The molecule has 1 fully saturated rings. The maximum absolute atomic E-state index is 12.7. The predicted octanol–water partition coefficient (Wildman–Crippen LogP) is 2.78. The van der Waals surface area contributed by atoms with Gasteiger partial charge in [0.1, 0.15) is 6.33 Å². The SMILES string of the molecule is [2H]C([2H])([2H])NC(=O)c1nnc(NC(=O)C2CC2)cc1Nc1cccc(-c2ccc(-c3ncn[nH]3)cn2)c1OC. The van der Waals surface area contributed by atoms with Crippen LogP contribution in [0.5, 0.6) is 5.75 Å². The van der Waals surface area contributed by atoms with Crippen molar-refractivity contribution in [2.24, 2.45) is 5.92 Å². The Labute approximate surface area is 210 Å². The topological polar surface area (TPSA) is 160 Å². The van der Waals surface area contributed by atoms with Gasteiger partial charge >= 0.3 is 0 Å². The van der Waals surface area contributed by atoms with Crippen LogP contribution in [-0.2, 0) is 4.79 Å². The lowest BCUT2D eigenvalue weighted by Gasteiger charge is -2.17. The fourth-order valence-corrected chi connectivity index (χ4v) is 3.59. The quantitative estimate of drug-likeness (QED) is 0.292. The molecule has 5 rings (SSSR count). The van der Waals surface area contributed by atoms with Crippen molar-refractivity contribution in [3.63, 3.8) is 0 Å². The minimum Gasteiger partial charge on any atom is -0.494 e. The van der Waals surface area contributed by atoms with Crippen LogP contribution in [0.25, 0.3) is 22.6 Å². The van der Waals surface area contributed by atoms with Crippen LogP contribution >= 0.6 is 0 Å². The Balaban J connectivity index is 1.49. The number of anilines is 3. The molecule has 4 aromatic rings. The molecule has 36 heavy (non-hydrogen) atoms. The van der Waals surface area contributed by atoms with Gasteiger partial charge in [-0.15, -0.1) is 10.2 Å². The van der Waals surface area contributed by atoms with Gasteiger partial charge in [-0.05, 0) is 37.1 Å². The van der Waals surface area contributed by atoms with E-state index in [0.29, 0.717) is 28.5 Å². The molecule has 1 aliphatic carbocycles. The zero-order valence-corrected chi connectivity index (χ0v) is 19.1. The molecule has 182 valence electrons. The second kappa shape index (κ2) is 9.78. The minimum absolute atomic E-state index is 0.0820. The number of amides is 2. The van der Waals surface area contributed by atoms with E-state index in [-0.39, 0.29) is 29.0 Å². The van der Waals surface area contributed by atoms with Crippen LogP contribution in [0, 0.1) is 5.92 Å². The number of H-pyrrole nitrogens is 1. The number of rotatable bonds is 8. The van der Waals surface area contributed by atoms with Crippen molar-refractivity contribution in [3.05, 3.63) is 54.6 Å². The molecule has 0 saturated heterocycles. The summed E-state index contributed by atoms with van der Waals surface area (Å²) < 4.78 is 27.8. The van der Waals surface area contributed by atoms with E-state index in [2.05, 4.69) is 41.0 Å². The summed E-state index contributed by atoms with van der Waals surface area (Å²) in [6.45, 7) is -2.74. The Morgan fingerprint density at radius 2 is 2.03 bits per heavy atom. The maximum Gasteiger partial charge on any atom is 0.273 e. The van der Waals surface area contributed by atoms with Crippen molar-refractivity contribution < 1.29 is 18.4 Å². The van der Waals surface area contributed by atoms with Gasteiger partial charge in [0.15, 0.2) is 23.1 Å². The van der Waals surface area contributed by atoms with E-state index < -0.39 is 12.9 Å². The number of nitrogens with zero attached hydrogens (tertiary/aromatic N) is 5. The molecule has 0 aliphatic heterocycles. The van der Waals surface area contributed by atoms with Crippen molar-refractivity contribution in [3.8, 4) is 28.4 Å². The summed E-state index contributed by atoms with van der Waals surface area (Å²) in [5.41, 5.74) is 2.26. The van der Waals surface area contributed by atoms with E-state index in [0.717, 1.165) is 18.4 Å². The number of para-hydroxylation sites is 1. The highest BCUT2D eigenvalue weighted by atomic mass is 16.5. The lowest BCUT2D eigenvalue weighted by atomic mass is 10.1. The molecule has 3 heterocycles. The van der Waals surface area contributed by atoms with Crippen LogP contribution in [0.15, 0.2) is 48.9 Å². The van der Waals surface area contributed by atoms with Gasteiger partial charge in [-0.1, -0.05) is 6.07 Å². The smallest absolute Gasteiger partial charge is 0.273 e. The van der Waals surface area contributed by atoms with Crippen LogP contribution in [0.4, 0.5) is 17.2 Å². The molecule has 12 nitrogen and oxygen atoms in total. The zero-order valence-electron chi connectivity index (χ0n) is 22.1. The molecule has 4 N–H and O–H groups in total. The molecule has 1 aromatic carbocycles. The van der Waals surface area contributed by atoms with E-state index >= 15 is 0 Å². The number of aromatic nitrogens is 6. The summed E-state index contributed by atoms with van der Waals surface area (Å²) in [6.07, 6.45) is 4.64. The third-order valence-electron chi connectivity index (χ3n) is 5.54. The second-order valence-electron chi connectivity index (χ2n) is 7.99. The van der Waals surface area contributed by atoms with Crippen LogP contribution in [0.2, 0.25) is 0 Å². The van der Waals surface area contributed by atoms with Gasteiger partial charge in [0.25, 0.3) is 5.91 Å². The number of nitrogens with one attached hydrogen (secondary N) is 4. The molecular weight excluding hydrogens is 462 g/mol. The predicted molar refractivity (Wildman–Crippen MR) is 132 cm³/mol. The average molecular weight is 489 g/mol. The Hall–Kier alpha value is -4.87. The fraction of sp³-hybridized carbons (Fsp3) is 0.208. The average Bonchev–Trinajstić information content (AvgIpc) is 3.62. The highest BCUT2D eigenvalue weighted by Gasteiger charge is 2.30. The first-order valence-electron chi connectivity index (χ1n) is 12.5. The molecular formula is C24H23N9O3. The number of hydrogen-bond donors (Lipinski definition) is 4. The monoisotopic (exact) mass is 488 g/mol. The molecule has 0 atom stereocenters. The third kappa shape index (κ3) is 4.69. The molecule has 12 heteroatoms. The number of ether oxygens (including phenoxy) is 1. The van der Waals surface area contributed by atoms with Gasteiger partial charge in [0.05, 0.1) is 24.2 Å². The first-order chi connectivity index (χ1) is 18.7. The van der Waals surface area contributed by atoms with Crippen LogP contribution in [0.1, 0.15) is 27.4 Å². The molecule has 2 amide bonds. The number of aromatic amines is 1. The summed E-state index contributed by atoms with van der Waals surface area (Å²) >= 11 is 0. The maximum atomic E-state index is 12.7. The van der Waals surface area contributed by atoms with Gasteiger partial charge in [-0.2, -0.15) is 5.10 Å². The number of carbonyl (C=O) groups is 2. The number of benzene rings is 1. The molecule has 0 radical (unpaired) electrons. The van der Waals surface area contributed by atoms with Crippen LogP contribution < -0.4 is 20.7 Å². The van der Waals surface area contributed by atoms with Crippen molar-refractivity contribution in [2.45, 2.75) is 12.8 Å². The van der Waals surface area contributed by atoms with Gasteiger partial charge in [0, 0.05) is 40.4 Å². The molecule has 0 bridgehead atoms. The Kier molecular flexibility index (Phi) is 5.28. The van der Waals surface area contributed by atoms with Crippen molar-refractivity contribution in [1.29, 1.82) is 0 Å². The molecule has 1 aliphatic rings. The van der Waals surface area contributed by atoms with E-state index in [9.17, 15) is 9.59 Å². The summed E-state index contributed by atoms with van der Waals surface area (Å²) in [5, 5.41) is 22.1. The largest absolute Gasteiger partial charge is 0.494 e. The van der Waals surface area contributed by atoms with Gasteiger partial charge in [-0.25, -0.2) is 4.98 Å². The Morgan fingerprint density at radius 1 is 1.14 bits per heavy atom. The summed E-state index contributed by atoms with van der Waals surface area (Å²) in [4.78, 5) is 33.6. The molecule has 0 unspecified atom stereocenters. The Morgan fingerprint density at radius 3 is 2.72 bits per heavy atom. The van der Waals surface area contributed by atoms with Crippen molar-refractivity contribution in [2.75, 3.05) is 24.7 Å². The summed E-state index contributed by atoms with van der Waals surface area (Å²) in [5.74, 6) is -0.158. The second-order valence-corrected chi connectivity index (χ2v) is 7.99. The standard InChI is InChI=1S/C24H23N9O3/c1-25-24(35)20-18(10-19(31-32-20)30-23(34)13-6-7-13)29-17-5-3-4-15(21(17)36-2)16-9-8-14(11-26-16)22-27-12-28-33-22/h3-5,8-13H,6-7H2,1-2H3,(H,25,35)(H,27,28,33)(H2,29,30,31,34)/i1D3. The third-order valence-corrected chi connectivity index (χ3v) is 5.54. The highest BCUT2D eigenvalue weighted by Crippen LogP contribution is 2.38. The number of methoxy groups -OCH3 is 1. The highest BCUT2D eigenvalue weighted by molar-refractivity contribution is 6.00. The minimum atomic E-state index is -2.74. The van der Waals surface area contributed by atoms with E-state index in [1.54, 1.807) is 24.4 Å². The van der Waals surface area contributed by atoms with E-state index in [4.69, 9.17) is 8.85 Å². The van der Waals surface area contributed by atoms with Gasteiger partial charge < -0.3 is 20.7 Å². The summed E-state index contributed by atoms with van der Waals surface area (Å²) in [7, 11) is 1.49. The van der Waals surface area contributed by atoms with E-state index in [1.165, 1.54) is 19.5 Å². The Bertz CT molecular complexity index is 1510. The normalized spacial score (nSPS) is 14.2. The first kappa shape index (κ1) is 19.4. The number of hydrogen-bond acceptors (Lipinski definition) is 9. The lowest BCUT2D eigenvalue weighted by Crippen LogP contribution is -2.22.